The molecule has 2 rings (SSSR count). The number of methoxy groups -OCH3 is 1. The number of hydrogen-bond donors (Lipinski definition) is 1. The second-order valence-electron chi connectivity index (χ2n) is 4.01. The molecule has 0 bridgehead atoms. The first-order valence-corrected chi connectivity index (χ1v) is 8.43. The Balaban J connectivity index is 2.48. The van der Waals surface area contributed by atoms with Crippen LogP contribution in [0.25, 0.3) is 0 Å². The molecule has 0 fully saturated rings. The van der Waals surface area contributed by atoms with Crippen LogP contribution in [0.3, 0.4) is 0 Å². The molecule has 5 heteroatoms. The van der Waals surface area contributed by atoms with Crippen molar-refractivity contribution in [2.45, 2.75) is 13.0 Å². The van der Waals surface area contributed by atoms with E-state index in [1.807, 2.05) is 12.1 Å². The predicted molar refractivity (Wildman–Crippen MR) is 88.2 cm³/mol. The van der Waals surface area contributed by atoms with Crippen LogP contribution in [0.5, 0.6) is 5.75 Å². The van der Waals surface area contributed by atoms with Gasteiger partial charge < -0.3 is 10.1 Å². The number of benzene rings is 1. The summed E-state index contributed by atoms with van der Waals surface area (Å²) in [5, 5.41) is 5.58. The Labute approximate surface area is 134 Å². The molecule has 2 aromatic rings. The molecule has 0 saturated heterocycles. The van der Waals surface area contributed by atoms with E-state index in [0.717, 1.165) is 21.2 Å². The fourth-order valence-corrected chi connectivity index (χ4v) is 3.78. The van der Waals surface area contributed by atoms with Crippen LogP contribution < -0.4 is 10.1 Å². The van der Waals surface area contributed by atoms with Crippen molar-refractivity contribution in [2.75, 3.05) is 13.7 Å². The average molecular weight is 405 g/mol. The summed E-state index contributed by atoms with van der Waals surface area (Å²) in [6.45, 7) is 3.00. The number of thiophene rings is 1. The first-order chi connectivity index (χ1) is 9.17. The number of rotatable bonds is 5. The van der Waals surface area contributed by atoms with Crippen LogP contribution in [0.2, 0.25) is 0 Å². The quantitative estimate of drug-likeness (QED) is 0.758. The highest BCUT2D eigenvalue weighted by atomic mass is 79.9. The minimum absolute atomic E-state index is 0.131. The van der Waals surface area contributed by atoms with Crippen LogP contribution in [0.4, 0.5) is 0 Å². The SMILES string of the molecule is CCNC(c1cc(Br)ccc1Br)c1sccc1OC. The van der Waals surface area contributed by atoms with Crippen molar-refractivity contribution in [2.24, 2.45) is 0 Å². The van der Waals surface area contributed by atoms with Crippen molar-refractivity contribution in [3.63, 3.8) is 0 Å². The lowest BCUT2D eigenvalue weighted by Crippen LogP contribution is -2.22. The van der Waals surface area contributed by atoms with Crippen LogP contribution in [0.15, 0.2) is 38.6 Å². The Morgan fingerprint density at radius 1 is 1.32 bits per heavy atom. The normalized spacial score (nSPS) is 12.4. The van der Waals surface area contributed by atoms with E-state index in [4.69, 9.17) is 4.74 Å². The van der Waals surface area contributed by atoms with Gasteiger partial charge in [-0.1, -0.05) is 38.8 Å². The van der Waals surface area contributed by atoms with Gasteiger partial charge in [0.05, 0.1) is 18.0 Å². The molecule has 1 heterocycles. The molecular weight excluding hydrogens is 390 g/mol. The van der Waals surface area contributed by atoms with Crippen molar-refractivity contribution < 1.29 is 4.74 Å². The highest BCUT2D eigenvalue weighted by molar-refractivity contribution is 9.11. The minimum Gasteiger partial charge on any atom is -0.496 e. The van der Waals surface area contributed by atoms with Gasteiger partial charge in [0, 0.05) is 8.95 Å². The predicted octanol–water partition coefficient (Wildman–Crippen LogP) is 4.98. The first kappa shape index (κ1) is 15.0. The Kier molecular flexibility index (Phi) is 5.45. The lowest BCUT2D eigenvalue weighted by Gasteiger charge is -2.20. The van der Waals surface area contributed by atoms with Gasteiger partial charge >= 0.3 is 0 Å². The highest BCUT2D eigenvalue weighted by Gasteiger charge is 2.21. The van der Waals surface area contributed by atoms with Crippen LogP contribution in [-0.4, -0.2) is 13.7 Å². The summed E-state index contributed by atoms with van der Waals surface area (Å²) in [5.41, 5.74) is 1.21. The maximum absolute atomic E-state index is 5.45. The van der Waals surface area contributed by atoms with Crippen LogP contribution >= 0.6 is 43.2 Å². The largest absolute Gasteiger partial charge is 0.496 e. The molecule has 1 aromatic heterocycles. The third-order valence-electron chi connectivity index (χ3n) is 2.82. The second-order valence-corrected chi connectivity index (χ2v) is 6.73. The fraction of sp³-hybridized carbons (Fsp3) is 0.286. The first-order valence-electron chi connectivity index (χ1n) is 5.97. The zero-order chi connectivity index (χ0) is 13.8. The zero-order valence-corrected chi connectivity index (χ0v) is 14.7. The minimum atomic E-state index is 0.131. The Bertz CT molecular complexity index is 556. The summed E-state index contributed by atoms with van der Waals surface area (Å²) in [6, 6.07) is 8.37. The zero-order valence-electron chi connectivity index (χ0n) is 10.7. The van der Waals surface area contributed by atoms with Crippen molar-refractivity contribution >= 4 is 43.2 Å². The van der Waals surface area contributed by atoms with Crippen molar-refractivity contribution in [1.82, 2.24) is 5.32 Å². The molecule has 1 aromatic carbocycles. The van der Waals surface area contributed by atoms with E-state index < -0.39 is 0 Å². The molecule has 0 spiro atoms. The number of hydrogen-bond acceptors (Lipinski definition) is 3. The van der Waals surface area contributed by atoms with Gasteiger partial charge in [-0.15, -0.1) is 11.3 Å². The molecule has 1 unspecified atom stereocenters. The van der Waals surface area contributed by atoms with E-state index in [1.165, 1.54) is 10.4 Å². The molecule has 19 heavy (non-hydrogen) atoms. The molecule has 0 radical (unpaired) electrons. The van der Waals surface area contributed by atoms with Gasteiger partial charge in [0.15, 0.2) is 0 Å². The van der Waals surface area contributed by atoms with Gasteiger partial charge in [-0.05, 0) is 41.8 Å². The highest BCUT2D eigenvalue weighted by Crippen LogP contribution is 2.38. The molecule has 102 valence electrons. The van der Waals surface area contributed by atoms with Gasteiger partial charge in [-0.3, -0.25) is 0 Å². The number of nitrogens with one attached hydrogen (secondary N) is 1. The third-order valence-corrected chi connectivity index (χ3v) is 5.00. The summed E-state index contributed by atoms with van der Waals surface area (Å²) in [7, 11) is 1.71. The molecule has 0 aliphatic carbocycles. The number of halogens is 2. The smallest absolute Gasteiger partial charge is 0.134 e. The van der Waals surface area contributed by atoms with Gasteiger partial charge in [0.25, 0.3) is 0 Å². The maximum atomic E-state index is 5.45. The van der Waals surface area contributed by atoms with E-state index in [-0.39, 0.29) is 6.04 Å². The summed E-state index contributed by atoms with van der Waals surface area (Å²) >= 11 is 8.88. The summed E-state index contributed by atoms with van der Waals surface area (Å²) in [5.74, 6) is 0.933. The second kappa shape index (κ2) is 6.88. The molecule has 1 atom stereocenters. The van der Waals surface area contributed by atoms with Crippen molar-refractivity contribution in [3.05, 3.63) is 49.0 Å². The van der Waals surface area contributed by atoms with Crippen LogP contribution in [0, 0.1) is 0 Å². The lowest BCUT2D eigenvalue weighted by molar-refractivity contribution is 0.408. The third kappa shape index (κ3) is 3.40. The topological polar surface area (TPSA) is 21.3 Å². The van der Waals surface area contributed by atoms with Gasteiger partial charge in [-0.25, -0.2) is 0 Å². The molecular formula is C14H15Br2NOS. The van der Waals surface area contributed by atoms with Crippen LogP contribution in [-0.2, 0) is 0 Å². The van der Waals surface area contributed by atoms with E-state index >= 15 is 0 Å². The van der Waals surface area contributed by atoms with E-state index in [0.29, 0.717) is 0 Å². The molecule has 2 nitrogen and oxygen atoms in total. The fourth-order valence-electron chi connectivity index (χ4n) is 1.97. The standard InChI is InChI=1S/C14H15Br2NOS/c1-3-17-13(14-12(18-2)6-7-19-14)10-8-9(15)4-5-11(10)16/h4-8,13,17H,3H2,1-2H3. The van der Waals surface area contributed by atoms with Gasteiger partial charge in [0.2, 0.25) is 0 Å². The molecule has 0 saturated carbocycles. The van der Waals surface area contributed by atoms with Crippen molar-refractivity contribution in [1.29, 1.82) is 0 Å². The lowest BCUT2D eigenvalue weighted by atomic mass is 10.0. The van der Waals surface area contributed by atoms with Crippen LogP contribution in [0.1, 0.15) is 23.4 Å². The molecule has 1 N–H and O–H groups in total. The van der Waals surface area contributed by atoms with E-state index in [1.54, 1.807) is 18.4 Å². The monoisotopic (exact) mass is 403 g/mol. The van der Waals surface area contributed by atoms with Crippen molar-refractivity contribution in [3.8, 4) is 5.75 Å². The summed E-state index contributed by atoms with van der Waals surface area (Å²) in [6.07, 6.45) is 0. The Morgan fingerprint density at radius 3 is 2.79 bits per heavy atom. The summed E-state index contributed by atoms with van der Waals surface area (Å²) < 4.78 is 7.62. The number of ether oxygens (including phenoxy) is 1. The van der Waals surface area contributed by atoms with E-state index in [2.05, 4.69) is 61.6 Å². The van der Waals surface area contributed by atoms with E-state index in [9.17, 15) is 0 Å². The molecule has 0 aliphatic heterocycles. The Hall–Kier alpha value is -0.360. The van der Waals surface area contributed by atoms with Gasteiger partial charge in [-0.2, -0.15) is 0 Å². The molecule has 0 aliphatic rings. The Morgan fingerprint density at radius 2 is 2.11 bits per heavy atom. The maximum Gasteiger partial charge on any atom is 0.134 e. The summed E-state index contributed by atoms with van der Waals surface area (Å²) in [4.78, 5) is 1.20. The van der Waals surface area contributed by atoms with Gasteiger partial charge in [0.1, 0.15) is 5.75 Å². The average Bonchev–Trinajstić information content (AvgIpc) is 2.87. The molecule has 0 amide bonds.